The summed E-state index contributed by atoms with van der Waals surface area (Å²) in [5.74, 6) is -0.104. The summed E-state index contributed by atoms with van der Waals surface area (Å²) in [7, 11) is 0. The van der Waals surface area contributed by atoms with Crippen molar-refractivity contribution in [2.75, 3.05) is 24.3 Å². The van der Waals surface area contributed by atoms with E-state index in [2.05, 4.69) is 5.32 Å². The Hall–Kier alpha value is -1.62. The number of carbonyl (C=O) groups is 1. The van der Waals surface area contributed by atoms with Crippen LogP contribution in [0.5, 0.6) is 0 Å². The predicted octanol–water partition coefficient (Wildman–Crippen LogP) is 2.55. The van der Waals surface area contributed by atoms with E-state index in [9.17, 15) is 9.18 Å². The monoisotopic (exact) mass is 266 g/mol. The van der Waals surface area contributed by atoms with E-state index in [-0.39, 0.29) is 18.2 Å². The van der Waals surface area contributed by atoms with Crippen LogP contribution in [0, 0.1) is 11.7 Å². The molecule has 0 unspecified atom stereocenters. The van der Waals surface area contributed by atoms with Gasteiger partial charge in [-0.3, -0.25) is 4.79 Å². The molecule has 5 heteroatoms. The van der Waals surface area contributed by atoms with Crippen molar-refractivity contribution in [1.82, 2.24) is 0 Å². The minimum atomic E-state index is -0.423. The van der Waals surface area contributed by atoms with Gasteiger partial charge in [-0.1, -0.05) is 12.8 Å². The number of anilines is 2. The van der Waals surface area contributed by atoms with Gasteiger partial charge >= 0.3 is 0 Å². The molecule has 1 fully saturated rings. The molecule has 0 aliphatic heterocycles. The van der Waals surface area contributed by atoms with Crippen LogP contribution >= 0.6 is 0 Å². The highest BCUT2D eigenvalue weighted by atomic mass is 19.1. The molecule has 1 aromatic carbocycles. The molecule has 3 N–H and O–H groups in total. The van der Waals surface area contributed by atoms with Gasteiger partial charge < -0.3 is 15.8 Å². The van der Waals surface area contributed by atoms with Crippen molar-refractivity contribution in [3.63, 3.8) is 0 Å². The first kappa shape index (κ1) is 13.8. The number of nitrogens with two attached hydrogens (primary N) is 1. The summed E-state index contributed by atoms with van der Waals surface area (Å²) < 4.78 is 18.2. The number of ether oxygens (including phenoxy) is 1. The Labute approximate surface area is 112 Å². The highest BCUT2D eigenvalue weighted by Gasteiger charge is 2.15. The lowest BCUT2D eigenvalue weighted by atomic mass is 10.1. The second-order valence-electron chi connectivity index (χ2n) is 4.95. The molecule has 4 nitrogen and oxygen atoms in total. The average Bonchev–Trinajstić information content (AvgIpc) is 2.86. The van der Waals surface area contributed by atoms with Crippen molar-refractivity contribution in [3.05, 3.63) is 24.0 Å². The van der Waals surface area contributed by atoms with Crippen LogP contribution in [0.25, 0.3) is 0 Å². The molecule has 0 aromatic heterocycles. The van der Waals surface area contributed by atoms with Crippen LogP contribution in [-0.2, 0) is 9.53 Å². The van der Waals surface area contributed by atoms with Crippen LogP contribution in [0.4, 0.5) is 15.8 Å². The molecule has 1 aliphatic rings. The summed E-state index contributed by atoms with van der Waals surface area (Å²) in [6, 6.07) is 3.87. The smallest absolute Gasteiger partial charge is 0.250 e. The zero-order chi connectivity index (χ0) is 13.7. The molecule has 19 heavy (non-hydrogen) atoms. The molecule has 104 valence electrons. The Kier molecular flexibility index (Phi) is 4.74. The summed E-state index contributed by atoms with van der Waals surface area (Å²) >= 11 is 0. The predicted molar refractivity (Wildman–Crippen MR) is 72.2 cm³/mol. The third kappa shape index (κ3) is 4.21. The van der Waals surface area contributed by atoms with E-state index in [0.29, 0.717) is 18.2 Å². The zero-order valence-corrected chi connectivity index (χ0v) is 10.8. The molecule has 0 atom stereocenters. The van der Waals surface area contributed by atoms with Crippen LogP contribution in [-0.4, -0.2) is 19.1 Å². The van der Waals surface area contributed by atoms with Gasteiger partial charge in [-0.25, -0.2) is 4.39 Å². The van der Waals surface area contributed by atoms with Crippen molar-refractivity contribution in [3.8, 4) is 0 Å². The van der Waals surface area contributed by atoms with Crippen LogP contribution in [0.1, 0.15) is 25.7 Å². The van der Waals surface area contributed by atoms with E-state index in [1.165, 1.54) is 43.9 Å². The van der Waals surface area contributed by atoms with Crippen molar-refractivity contribution < 1.29 is 13.9 Å². The third-order valence-corrected chi connectivity index (χ3v) is 3.35. The fourth-order valence-electron chi connectivity index (χ4n) is 2.33. The maximum atomic E-state index is 12.8. The summed E-state index contributed by atoms with van der Waals surface area (Å²) in [6.07, 6.45) is 4.89. The number of halogens is 1. The largest absolute Gasteiger partial charge is 0.397 e. The minimum Gasteiger partial charge on any atom is -0.397 e. The van der Waals surface area contributed by atoms with Gasteiger partial charge in [0.05, 0.1) is 18.0 Å². The summed E-state index contributed by atoms with van der Waals surface area (Å²) in [4.78, 5) is 11.6. The molecule has 0 radical (unpaired) electrons. The number of benzene rings is 1. The molecule has 0 spiro atoms. The molecular formula is C14H19FN2O2. The van der Waals surface area contributed by atoms with Gasteiger partial charge in [0.15, 0.2) is 0 Å². The Balaban J connectivity index is 1.74. The first-order valence-electron chi connectivity index (χ1n) is 6.58. The van der Waals surface area contributed by atoms with Crippen molar-refractivity contribution >= 4 is 17.3 Å². The van der Waals surface area contributed by atoms with Crippen LogP contribution < -0.4 is 11.1 Å². The highest BCUT2D eigenvalue weighted by molar-refractivity contribution is 5.94. The standard InChI is InChI=1S/C14H19FN2O2/c15-11-5-6-13(12(16)7-11)17-14(18)9-19-8-10-3-1-2-4-10/h5-7,10H,1-4,8-9,16H2,(H,17,18). The average molecular weight is 266 g/mol. The van der Waals surface area contributed by atoms with Crippen molar-refractivity contribution in [2.24, 2.45) is 5.92 Å². The molecule has 0 bridgehead atoms. The molecule has 1 saturated carbocycles. The molecule has 1 aliphatic carbocycles. The highest BCUT2D eigenvalue weighted by Crippen LogP contribution is 2.24. The fraction of sp³-hybridized carbons (Fsp3) is 0.500. The quantitative estimate of drug-likeness (QED) is 0.805. The number of nitrogen functional groups attached to an aromatic ring is 1. The lowest BCUT2D eigenvalue weighted by Gasteiger charge is -2.11. The van der Waals surface area contributed by atoms with Gasteiger partial charge in [-0.15, -0.1) is 0 Å². The van der Waals surface area contributed by atoms with Gasteiger partial charge in [-0.2, -0.15) is 0 Å². The van der Waals surface area contributed by atoms with Gasteiger partial charge in [0.1, 0.15) is 12.4 Å². The summed E-state index contributed by atoms with van der Waals surface area (Å²) in [5, 5.41) is 2.61. The molecule has 1 aromatic rings. The second-order valence-corrected chi connectivity index (χ2v) is 4.95. The Morgan fingerprint density at radius 2 is 2.16 bits per heavy atom. The zero-order valence-electron chi connectivity index (χ0n) is 10.8. The van der Waals surface area contributed by atoms with E-state index in [1.54, 1.807) is 0 Å². The van der Waals surface area contributed by atoms with Gasteiger partial charge in [-0.05, 0) is 37.0 Å². The topological polar surface area (TPSA) is 64.3 Å². The number of hydrogen-bond acceptors (Lipinski definition) is 3. The molecule has 2 rings (SSSR count). The molecule has 0 heterocycles. The number of hydrogen-bond donors (Lipinski definition) is 2. The normalized spacial score (nSPS) is 15.6. The Morgan fingerprint density at radius 1 is 1.42 bits per heavy atom. The van der Waals surface area contributed by atoms with E-state index in [1.807, 2.05) is 0 Å². The van der Waals surface area contributed by atoms with E-state index >= 15 is 0 Å². The maximum Gasteiger partial charge on any atom is 0.250 e. The lowest BCUT2D eigenvalue weighted by Crippen LogP contribution is -2.20. The SMILES string of the molecule is Nc1cc(F)ccc1NC(=O)COCC1CCCC1. The third-order valence-electron chi connectivity index (χ3n) is 3.35. The van der Waals surface area contributed by atoms with Crippen molar-refractivity contribution in [2.45, 2.75) is 25.7 Å². The van der Waals surface area contributed by atoms with Crippen molar-refractivity contribution in [1.29, 1.82) is 0 Å². The first-order chi connectivity index (χ1) is 9.15. The minimum absolute atomic E-state index is 0.00726. The van der Waals surface area contributed by atoms with Gasteiger partial charge in [0, 0.05) is 0 Å². The van der Waals surface area contributed by atoms with Gasteiger partial charge in [0.2, 0.25) is 5.91 Å². The van der Waals surface area contributed by atoms with Crippen LogP contribution in [0.2, 0.25) is 0 Å². The Morgan fingerprint density at radius 3 is 2.84 bits per heavy atom. The number of amides is 1. The van der Waals surface area contributed by atoms with E-state index < -0.39 is 5.82 Å². The summed E-state index contributed by atoms with van der Waals surface area (Å²) in [5.41, 5.74) is 6.23. The Bertz CT molecular complexity index is 445. The van der Waals surface area contributed by atoms with Gasteiger partial charge in [0.25, 0.3) is 0 Å². The maximum absolute atomic E-state index is 12.8. The molecule has 0 saturated heterocycles. The van der Waals surface area contributed by atoms with E-state index in [0.717, 1.165) is 0 Å². The van der Waals surface area contributed by atoms with Crippen LogP contribution in [0.3, 0.4) is 0 Å². The molecular weight excluding hydrogens is 247 g/mol. The molecule has 1 amide bonds. The number of nitrogens with one attached hydrogen (secondary N) is 1. The second kappa shape index (κ2) is 6.52. The summed E-state index contributed by atoms with van der Waals surface area (Å²) in [6.45, 7) is 0.639. The van der Waals surface area contributed by atoms with E-state index in [4.69, 9.17) is 10.5 Å². The first-order valence-corrected chi connectivity index (χ1v) is 6.58. The lowest BCUT2D eigenvalue weighted by molar-refractivity contribution is -0.121. The van der Waals surface area contributed by atoms with Crippen LogP contribution in [0.15, 0.2) is 18.2 Å². The number of carbonyl (C=O) groups excluding carboxylic acids is 1. The number of rotatable bonds is 5. The fourth-order valence-corrected chi connectivity index (χ4v) is 2.33.